The molecule has 6 nitrogen and oxygen atoms in total. The van der Waals surface area contributed by atoms with Crippen LogP contribution in [-0.4, -0.2) is 46.4 Å². The molecule has 3 atom stereocenters. The zero-order valence-electron chi connectivity index (χ0n) is 12.1. The Hall–Kier alpha value is -1.43. The van der Waals surface area contributed by atoms with Crippen molar-refractivity contribution in [1.82, 2.24) is 10.2 Å². The van der Waals surface area contributed by atoms with Crippen molar-refractivity contribution in [2.24, 2.45) is 11.8 Å². The number of carbonyl (C=O) groups is 3. The van der Waals surface area contributed by atoms with Gasteiger partial charge in [0.05, 0.1) is 18.4 Å². The fourth-order valence-corrected chi connectivity index (χ4v) is 3.60. The van der Waals surface area contributed by atoms with Gasteiger partial charge < -0.3 is 10.4 Å². The van der Waals surface area contributed by atoms with E-state index in [1.54, 1.807) is 0 Å². The summed E-state index contributed by atoms with van der Waals surface area (Å²) < 4.78 is 0. The maximum atomic E-state index is 12.2. The molecule has 2 saturated carbocycles. The standard InChI is InChI=1S/C15H22N2O4/c18-13-7-12(14(19)17(13)10-5-6-10)16-8-9-3-1-2-4-11(9)15(20)21/h9-12,16H,1-8H2,(H,20,21). The van der Waals surface area contributed by atoms with Gasteiger partial charge in [-0.25, -0.2) is 0 Å². The van der Waals surface area contributed by atoms with Crippen LogP contribution < -0.4 is 5.32 Å². The van der Waals surface area contributed by atoms with Gasteiger partial charge in [-0.1, -0.05) is 12.8 Å². The maximum Gasteiger partial charge on any atom is 0.306 e. The van der Waals surface area contributed by atoms with Crippen LogP contribution >= 0.6 is 0 Å². The lowest BCUT2D eigenvalue weighted by Gasteiger charge is -2.29. The second-order valence-electron chi connectivity index (χ2n) is 6.49. The highest BCUT2D eigenvalue weighted by Gasteiger charge is 2.46. The Bertz CT molecular complexity index is 461. The van der Waals surface area contributed by atoms with E-state index < -0.39 is 12.0 Å². The number of carbonyl (C=O) groups excluding carboxylic acids is 2. The summed E-state index contributed by atoms with van der Waals surface area (Å²) in [5.41, 5.74) is 0. The van der Waals surface area contributed by atoms with Crippen molar-refractivity contribution in [3.8, 4) is 0 Å². The Kier molecular flexibility index (Phi) is 3.97. The highest BCUT2D eigenvalue weighted by Crippen LogP contribution is 2.32. The molecule has 0 radical (unpaired) electrons. The van der Waals surface area contributed by atoms with Crippen molar-refractivity contribution >= 4 is 17.8 Å². The van der Waals surface area contributed by atoms with Gasteiger partial charge >= 0.3 is 5.97 Å². The van der Waals surface area contributed by atoms with E-state index in [0.717, 1.165) is 32.1 Å². The average Bonchev–Trinajstić information content (AvgIpc) is 3.24. The summed E-state index contributed by atoms with van der Waals surface area (Å²) in [6, 6.07) is -0.326. The average molecular weight is 294 g/mol. The lowest BCUT2D eigenvalue weighted by atomic mass is 9.79. The molecule has 1 saturated heterocycles. The molecule has 2 amide bonds. The summed E-state index contributed by atoms with van der Waals surface area (Å²) in [4.78, 5) is 36.8. The van der Waals surface area contributed by atoms with Gasteiger partial charge in [0, 0.05) is 6.04 Å². The van der Waals surface area contributed by atoms with Crippen LogP contribution in [0.25, 0.3) is 0 Å². The third kappa shape index (κ3) is 2.95. The number of aliphatic carboxylic acids is 1. The second kappa shape index (κ2) is 5.75. The number of hydrogen-bond donors (Lipinski definition) is 2. The van der Waals surface area contributed by atoms with Crippen LogP contribution in [0, 0.1) is 11.8 Å². The van der Waals surface area contributed by atoms with Crippen LogP contribution in [0.15, 0.2) is 0 Å². The Morgan fingerprint density at radius 1 is 1.19 bits per heavy atom. The van der Waals surface area contributed by atoms with E-state index in [1.807, 2.05) is 0 Å². The van der Waals surface area contributed by atoms with Gasteiger partial charge in [0.25, 0.3) is 0 Å². The Morgan fingerprint density at radius 2 is 1.90 bits per heavy atom. The van der Waals surface area contributed by atoms with Gasteiger partial charge in [-0.15, -0.1) is 0 Å². The lowest BCUT2D eigenvalue weighted by Crippen LogP contribution is -2.43. The molecule has 0 spiro atoms. The normalized spacial score (nSPS) is 33.5. The van der Waals surface area contributed by atoms with Crippen molar-refractivity contribution in [3.63, 3.8) is 0 Å². The molecule has 3 rings (SSSR count). The van der Waals surface area contributed by atoms with E-state index in [2.05, 4.69) is 5.32 Å². The zero-order chi connectivity index (χ0) is 15.0. The van der Waals surface area contributed by atoms with Crippen LogP contribution in [0.5, 0.6) is 0 Å². The number of rotatable bonds is 5. The highest BCUT2D eigenvalue weighted by molar-refractivity contribution is 6.06. The molecular weight excluding hydrogens is 272 g/mol. The van der Waals surface area contributed by atoms with E-state index in [-0.39, 0.29) is 36.1 Å². The molecule has 1 heterocycles. The Labute approximate surface area is 123 Å². The van der Waals surface area contributed by atoms with Crippen molar-refractivity contribution in [2.45, 2.75) is 57.0 Å². The van der Waals surface area contributed by atoms with Crippen LogP contribution in [0.3, 0.4) is 0 Å². The predicted molar refractivity (Wildman–Crippen MR) is 74.4 cm³/mol. The van der Waals surface area contributed by atoms with Gasteiger partial charge in [0.1, 0.15) is 0 Å². The van der Waals surface area contributed by atoms with Crippen LogP contribution in [0.2, 0.25) is 0 Å². The summed E-state index contributed by atoms with van der Waals surface area (Å²) in [6.07, 6.45) is 5.67. The molecule has 0 bridgehead atoms. The van der Waals surface area contributed by atoms with Gasteiger partial charge in [0.2, 0.25) is 11.8 Å². The van der Waals surface area contributed by atoms with Crippen molar-refractivity contribution in [3.05, 3.63) is 0 Å². The third-order valence-electron chi connectivity index (χ3n) is 4.95. The second-order valence-corrected chi connectivity index (χ2v) is 6.49. The molecule has 21 heavy (non-hydrogen) atoms. The molecule has 0 aromatic carbocycles. The highest BCUT2D eigenvalue weighted by atomic mass is 16.4. The molecule has 3 unspecified atom stereocenters. The fourth-order valence-electron chi connectivity index (χ4n) is 3.60. The minimum atomic E-state index is -0.741. The summed E-state index contributed by atoms with van der Waals surface area (Å²) in [6.45, 7) is 0.513. The summed E-state index contributed by atoms with van der Waals surface area (Å²) in [5, 5.41) is 12.4. The van der Waals surface area contributed by atoms with E-state index in [9.17, 15) is 19.5 Å². The number of nitrogens with zero attached hydrogens (tertiary/aromatic N) is 1. The number of likely N-dealkylation sites (tertiary alicyclic amines) is 1. The van der Waals surface area contributed by atoms with Gasteiger partial charge in [-0.05, 0) is 38.1 Å². The molecule has 6 heteroatoms. The number of carboxylic acids is 1. The van der Waals surface area contributed by atoms with E-state index in [0.29, 0.717) is 13.0 Å². The summed E-state index contributed by atoms with van der Waals surface area (Å²) in [7, 11) is 0. The first kappa shape index (κ1) is 14.5. The predicted octanol–water partition coefficient (Wildman–Crippen LogP) is 0.757. The fraction of sp³-hybridized carbons (Fsp3) is 0.800. The largest absolute Gasteiger partial charge is 0.481 e. The number of nitrogens with one attached hydrogen (secondary N) is 1. The summed E-state index contributed by atoms with van der Waals surface area (Å²) >= 11 is 0. The SMILES string of the molecule is O=C(O)C1CCCCC1CNC1CC(=O)N(C2CC2)C1=O. The van der Waals surface area contributed by atoms with Crippen molar-refractivity contribution in [2.75, 3.05) is 6.54 Å². The van der Waals surface area contributed by atoms with E-state index >= 15 is 0 Å². The molecule has 1 aliphatic heterocycles. The number of carboxylic acid groups (broad SMARTS) is 1. The summed E-state index contributed by atoms with van der Waals surface area (Å²) in [5.74, 6) is -1.20. The van der Waals surface area contributed by atoms with Gasteiger partial charge in [-0.2, -0.15) is 0 Å². The van der Waals surface area contributed by atoms with Gasteiger partial charge in [-0.3, -0.25) is 19.3 Å². The smallest absolute Gasteiger partial charge is 0.306 e. The molecule has 0 aromatic rings. The van der Waals surface area contributed by atoms with Gasteiger partial charge in [0.15, 0.2) is 0 Å². The lowest BCUT2D eigenvalue weighted by molar-refractivity contribution is -0.145. The number of amides is 2. The molecule has 3 aliphatic rings. The van der Waals surface area contributed by atoms with Crippen LogP contribution in [0.4, 0.5) is 0 Å². The van der Waals surface area contributed by atoms with Crippen LogP contribution in [-0.2, 0) is 14.4 Å². The first-order valence-electron chi connectivity index (χ1n) is 7.90. The monoisotopic (exact) mass is 294 g/mol. The van der Waals surface area contributed by atoms with Crippen molar-refractivity contribution < 1.29 is 19.5 Å². The zero-order valence-corrected chi connectivity index (χ0v) is 12.1. The quantitative estimate of drug-likeness (QED) is 0.731. The Morgan fingerprint density at radius 3 is 2.57 bits per heavy atom. The molecule has 2 aliphatic carbocycles. The first-order valence-corrected chi connectivity index (χ1v) is 7.90. The van der Waals surface area contributed by atoms with E-state index in [1.165, 1.54) is 4.90 Å². The molecule has 3 fully saturated rings. The number of hydrogen-bond acceptors (Lipinski definition) is 4. The minimum absolute atomic E-state index is 0.0640. The maximum absolute atomic E-state index is 12.2. The third-order valence-corrected chi connectivity index (χ3v) is 4.95. The minimum Gasteiger partial charge on any atom is -0.481 e. The topological polar surface area (TPSA) is 86.7 Å². The molecule has 0 aromatic heterocycles. The van der Waals surface area contributed by atoms with Crippen LogP contribution in [0.1, 0.15) is 44.9 Å². The Balaban J connectivity index is 1.56. The first-order chi connectivity index (χ1) is 10.1. The molecule has 116 valence electrons. The molecular formula is C15H22N2O4. The molecule has 2 N–H and O–H groups in total. The van der Waals surface area contributed by atoms with E-state index in [4.69, 9.17) is 0 Å². The van der Waals surface area contributed by atoms with Crippen molar-refractivity contribution in [1.29, 1.82) is 0 Å². The number of imide groups is 1.